The van der Waals surface area contributed by atoms with Gasteiger partial charge in [-0.25, -0.2) is 0 Å². The summed E-state index contributed by atoms with van der Waals surface area (Å²) >= 11 is 0. The number of halogens is 2. The Morgan fingerprint density at radius 3 is 2.53 bits per heavy atom. The molecule has 0 amide bonds. The normalized spacial score (nSPS) is 12.2. The zero-order chi connectivity index (χ0) is 11.1. The molecule has 1 aromatic rings. The fourth-order valence-electron chi connectivity index (χ4n) is 1.32. The lowest BCUT2D eigenvalue weighted by molar-refractivity contribution is 0.166. The summed E-state index contributed by atoms with van der Waals surface area (Å²) in [6, 6.07) is 9.67. The van der Waals surface area contributed by atoms with Crippen LogP contribution in [-0.4, -0.2) is 11.2 Å². The molecule has 82 valence electrons. The molecule has 0 aliphatic carbocycles. The van der Waals surface area contributed by atoms with E-state index in [-0.39, 0.29) is 6.42 Å². The molecular formula is C12H14F2O. The number of hydrogen-bond acceptors (Lipinski definition) is 1. The summed E-state index contributed by atoms with van der Waals surface area (Å²) in [5.74, 6) is 0. The van der Waals surface area contributed by atoms with Gasteiger partial charge in [-0.3, -0.25) is 0 Å². The van der Waals surface area contributed by atoms with E-state index < -0.39 is 12.2 Å². The summed E-state index contributed by atoms with van der Waals surface area (Å²) in [7, 11) is 0. The second kappa shape index (κ2) is 6.30. The van der Waals surface area contributed by atoms with Crippen LogP contribution in [0.3, 0.4) is 0 Å². The number of hydrogen-bond donors (Lipinski definition) is 1. The Balaban J connectivity index is 2.28. The fraction of sp³-hybridized carbons (Fsp3) is 0.333. The van der Waals surface area contributed by atoms with Gasteiger partial charge in [0.05, 0.1) is 6.10 Å². The lowest BCUT2D eigenvalue weighted by Gasteiger charge is -2.07. The standard InChI is InChI=1S/C12H14F2O/c13-12(14)9-8-11(15)7-6-10-4-2-1-3-5-10/h1-5,9,11,15H,6-8H2. The predicted octanol–water partition coefficient (Wildman–Crippen LogP) is 3.15. The van der Waals surface area contributed by atoms with Crippen LogP contribution in [-0.2, 0) is 6.42 Å². The molecule has 0 heterocycles. The number of aliphatic hydroxyl groups excluding tert-OH is 1. The monoisotopic (exact) mass is 212 g/mol. The van der Waals surface area contributed by atoms with Crippen molar-refractivity contribution >= 4 is 0 Å². The zero-order valence-electron chi connectivity index (χ0n) is 8.37. The molecular weight excluding hydrogens is 198 g/mol. The molecule has 0 aliphatic heterocycles. The van der Waals surface area contributed by atoms with Crippen LogP contribution >= 0.6 is 0 Å². The van der Waals surface area contributed by atoms with Gasteiger partial charge in [0.25, 0.3) is 6.08 Å². The van der Waals surface area contributed by atoms with Crippen LogP contribution in [0.4, 0.5) is 8.78 Å². The molecule has 1 aromatic carbocycles. The number of benzene rings is 1. The van der Waals surface area contributed by atoms with E-state index in [2.05, 4.69) is 0 Å². The van der Waals surface area contributed by atoms with E-state index in [1.54, 1.807) is 0 Å². The van der Waals surface area contributed by atoms with Crippen LogP contribution in [0.15, 0.2) is 42.5 Å². The van der Waals surface area contributed by atoms with Crippen LogP contribution in [0, 0.1) is 0 Å². The zero-order valence-corrected chi connectivity index (χ0v) is 8.37. The molecule has 15 heavy (non-hydrogen) atoms. The number of aryl methyl sites for hydroxylation is 1. The molecule has 0 aliphatic rings. The first kappa shape index (κ1) is 11.9. The van der Waals surface area contributed by atoms with Crippen molar-refractivity contribution in [1.82, 2.24) is 0 Å². The number of rotatable bonds is 5. The molecule has 0 spiro atoms. The van der Waals surface area contributed by atoms with Crippen LogP contribution in [0.2, 0.25) is 0 Å². The van der Waals surface area contributed by atoms with Crippen molar-refractivity contribution in [2.24, 2.45) is 0 Å². The summed E-state index contributed by atoms with van der Waals surface area (Å²) < 4.78 is 23.4. The highest BCUT2D eigenvalue weighted by molar-refractivity contribution is 5.14. The molecule has 0 saturated heterocycles. The lowest BCUT2D eigenvalue weighted by Crippen LogP contribution is -2.06. The lowest BCUT2D eigenvalue weighted by atomic mass is 10.1. The van der Waals surface area contributed by atoms with E-state index in [9.17, 15) is 13.9 Å². The van der Waals surface area contributed by atoms with Crippen molar-refractivity contribution in [3.63, 3.8) is 0 Å². The summed E-state index contributed by atoms with van der Waals surface area (Å²) in [6.07, 6.45) is -0.414. The fourth-order valence-corrected chi connectivity index (χ4v) is 1.32. The van der Waals surface area contributed by atoms with Gasteiger partial charge in [-0.1, -0.05) is 30.3 Å². The third-order valence-corrected chi connectivity index (χ3v) is 2.15. The highest BCUT2D eigenvalue weighted by Crippen LogP contribution is 2.09. The molecule has 0 fully saturated rings. The Kier molecular flexibility index (Phi) is 4.98. The Labute approximate surface area is 88.1 Å². The van der Waals surface area contributed by atoms with Crippen molar-refractivity contribution in [3.05, 3.63) is 48.1 Å². The van der Waals surface area contributed by atoms with Crippen molar-refractivity contribution < 1.29 is 13.9 Å². The number of aliphatic hydroxyl groups is 1. The first-order chi connectivity index (χ1) is 7.18. The minimum Gasteiger partial charge on any atom is -0.393 e. The van der Waals surface area contributed by atoms with Gasteiger partial charge in [0.15, 0.2) is 0 Å². The maximum Gasteiger partial charge on any atom is 0.266 e. The van der Waals surface area contributed by atoms with E-state index in [4.69, 9.17) is 0 Å². The average Bonchev–Trinajstić information content (AvgIpc) is 2.25. The Morgan fingerprint density at radius 1 is 1.27 bits per heavy atom. The predicted molar refractivity (Wildman–Crippen MR) is 55.7 cm³/mol. The Hall–Kier alpha value is -1.22. The Morgan fingerprint density at radius 2 is 1.93 bits per heavy atom. The molecule has 1 N–H and O–H groups in total. The molecule has 0 aromatic heterocycles. The van der Waals surface area contributed by atoms with E-state index >= 15 is 0 Å². The molecule has 0 bridgehead atoms. The molecule has 1 unspecified atom stereocenters. The van der Waals surface area contributed by atoms with Crippen molar-refractivity contribution in [1.29, 1.82) is 0 Å². The van der Waals surface area contributed by atoms with Gasteiger partial charge in [-0.05, 0) is 30.9 Å². The van der Waals surface area contributed by atoms with Gasteiger partial charge < -0.3 is 5.11 Å². The molecule has 0 saturated carbocycles. The minimum atomic E-state index is -1.73. The quantitative estimate of drug-likeness (QED) is 0.794. The topological polar surface area (TPSA) is 20.2 Å². The summed E-state index contributed by atoms with van der Waals surface area (Å²) in [4.78, 5) is 0. The summed E-state index contributed by atoms with van der Waals surface area (Å²) in [5, 5.41) is 9.38. The third-order valence-electron chi connectivity index (χ3n) is 2.15. The molecule has 0 radical (unpaired) electrons. The molecule has 1 nitrogen and oxygen atoms in total. The maximum atomic E-state index is 11.7. The Bertz CT molecular complexity index is 305. The minimum absolute atomic E-state index is 0.0230. The van der Waals surface area contributed by atoms with Gasteiger partial charge >= 0.3 is 0 Å². The smallest absolute Gasteiger partial charge is 0.266 e. The van der Waals surface area contributed by atoms with E-state index in [0.717, 1.165) is 11.6 Å². The van der Waals surface area contributed by atoms with Gasteiger partial charge in [-0.2, -0.15) is 8.78 Å². The van der Waals surface area contributed by atoms with E-state index in [1.165, 1.54) is 0 Å². The van der Waals surface area contributed by atoms with Crippen molar-refractivity contribution in [3.8, 4) is 0 Å². The van der Waals surface area contributed by atoms with Gasteiger partial charge in [0.1, 0.15) is 0 Å². The first-order valence-corrected chi connectivity index (χ1v) is 4.91. The van der Waals surface area contributed by atoms with Crippen LogP contribution in [0.1, 0.15) is 18.4 Å². The largest absolute Gasteiger partial charge is 0.393 e. The SMILES string of the molecule is OC(CC=C(F)F)CCc1ccccc1. The van der Waals surface area contributed by atoms with Gasteiger partial charge in [0, 0.05) is 0 Å². The van der Waals surface area contributed by atoms with E-state index in [0.29, 0.717) is 12.8 Å². The second-order valence-corrected chi connectivity index (χ2v) is 3.41. The van der Waals surface area contributed by atoms with Crippen LogP contribution in [0.25, 0.3) is 0 Å². The van der Waals surface area contributed by atoms with Crippen molar-refractivity contribution in [2.75, 3.05) is 0 Å². The van der Waals surface area contributed by atoms with Gasteiger partial charge in [-0.15, -0.1) is 0 Å². The highest BCUT2D eigenvalue weighted by atomic mass is 19.3. The van der Waals surface area contributed by atoms with Crippen LogP contribution < -0.4 is 0 Å². The van der Waals surface area contributed by atoms with Gasteiger partial charge in [0.2, 0.25) is 0 Å². The van der Waals surface area contributed by atoms with Crippen molar-refractivity contribution in [2.45, 2.75) is 25.4 Å². The molecule has 3 heteroatoms. The first-order valence-electron chi connectivity index (χ1n) is 4.91. The molecule has 1 rings (SSSR count). The average molecular weight is 212 g/mol. The summed E-state index contributed by atoms with van der Waals surface area (Å²) in [5.41, 5.74) is 1.11. The van der Waals surface area contributed by atoms with E-state index in [1.807, 2.05) is 30.3 Å². The van der Waals surface area contributed by atoms with Crippen LogP contribution in [0.5, 0.6) is 0 Å². The molecule has 1 atom stereocenters. The highest BCUT2D eigenvalue weighted by Gasteiger charge is 2.03. The summed E-state index contributed by atoms with van der Waals surface area (Å²) in [6.45, 7) is 0. The third kappa shape index (κ3) is 5.27. The maximum absolute atomic E-state index is 11.7. The second-order valence-electron chi connectivity index (χ2n) is 3.41.